The summed E-state index contributed by atoms with van der Waals surface area (Å²) in [5.41, 5.74) is 8.74. The highest BCUT2D eigenvalue weighted by atomic mass is 16.2. The molecule has 1 fully saturated rings. The van der Waals surface area contributed by atoms with Gasteiger partial charge in [0.1, 0.15) is 0 Å². The average Bonchev–Trinajstić information content (AvgIpc) is 3.29. The molecule has 0 heterocycles. The highest BCUT2D eigenvalue weighted by Gasteiger charge is 2.43. The van der Waals surface area contributed by atoms with Crippen molar-refractivity contribution < 1.29 is 4.79 Å². The maximum atomic E-state index is 12.3. The molecule has 2 unspecified atom stereocenters. The lowest BCUT2D eigenvalue weighted by Crippen LogP contribution is -2.16. The van der Waals surface area contributed by atoms with Crippen molar-refractivity contribution in [3.63, 3.8) is 0 Å². The van der Waals surface area contributed by atoms with Crippen LogP contribution in [0, 0.1) is 5.92 Å². The first-order valence-electron chi connectivity index (χ1n) is 6.93. The van der Waals surface area contributed by atoms with Gasteiger partial charge in [0, 0.05) is 18.2 Å². The van der Waals surface area contributed by atoms with Gasteiger partial charge in [0.25, 0.3) is 0 Å². The summed E-state index contributed by atoms with van der Waals surface area (Å²) in [6.45, 7) is 0.434. The zero-order valence-corrected chi connectivity index (χ0v) is 11.3. The highest BCUT2D eigenvalue weighted by Crippen LogP contribution is 2.47. The normalized spacial score (nSPS) is 20.4. The number of hydrogen-bond donors (Lipinski definition) is 2. The Kier molecular flexibility index (Phi) is 3.52. The Morgan fingerprint density at radius 1 is 1.10 bits per heavy atom. The van der Waals surface area contributed by atoms with Crippen LogP contribution < -0.4 is 11.1 Å². The van der Waals surface area contributed by atoms with Crippen molar-refractivity contribution in [3.05, 3.63) is 65.7 Å². The molecule has 20 heavy (non-hydrogen) atoms. The summed E-state index contributed by atoms with van der Waals surface area (Å²) in [5, 5.41) is 3.00. The van der Waals surface area contributed by atoms with Crippen LogP contribution in [0.2, 0.25) is 0 Å². The largest absolute Gasteiger partial charge is 0.326 e. The van der Waals surface area contributed by atoms with Crippen LogP contribution in [0.3, 0.4) is 0 Å². The van der Waals surface area contributed by atoms with Gasteiger partial charge >= 0.3 is 0 Å². The third-order valence-corrected chi connectivity index (χ3v) is 3.85. The minimum absolute atomic E-state index is 0.0863. The molecule has 1 aliphatic carbocycles. The molecule has 2 atom stereocenters. The first-order valence-corrected chi connectivity index (χ1v) is 6.93. The standard InChI is InChI=1S/C17H18N2O/c18-11-13-8-4-5-9-16(13)19-17(20)15-10-14(15)12-6-2-1-3-7-12/h1-9,14-15H,10-11,18H2,(H,19,20). The lowest BCUT2D eigenvalue weighted by Gasteiger charge is -2.09. The van der Waals surface area contributed by atoms with Gasteiger partial charge in [-0.15, -0.1) is 0 Å². The summed E-state index contributed by atoms with van der Waals surface area (Å²) >= 11 is 0. The lowest BCUT2D eigenvalue weighted by molar-refractivity contribution is -0.117. The Hall–Kier alpha value is -2.13. The van der Waals surface area contributed by atoms with E-state index in [-0.39, 0.29) is 11.8 Å². The Balaban J connectivity index is 1.67. The van der Waals surface area contributed by atoms with Gasteiger partial charge in [0.2, 0.25) is 5.91 Å². The average molecular weight is 266 g/mol. The molecule has 0 spiro atoms. The molecule has 3 heteroatoms. The van der Waals surface area contributed by atoms with E-state index in [9.17, 15) is 4.79 Å². The number of nitrogens with two attached hydrogens (primary N) is 1. The van der Waals surface area contributed by atoms with Crippen LogP contribution in [0.25, 0.3) is 0 Å². The van der Waals surface area contributed by atoms with E-state index in [1.54, 1.807) is 0 Å². The van der Waals surface area contributed by atoms with Gasteiger partial charge in [-0.3, -0.25) is 4.79 Å². The summed E-state index contributed by atoms with van der Waals surface area (Å²) in [5.74, 6) is 0.546. The van der Waals surface area contributed by atoms with Crippen molar-refractivity contribution in [2.45, 2.75) is 18.9 Å². The van der Waals surface area contributed by atoms with E-state index in [0.29, 0.717) is 12.5 Å². The Morgan fingerprint density at radius 3 is 2.55 bits per heavy atom. The number of rotatable bonds is 4. The van der Waals surface area contributed by atoms with Gasteiger partial charge in [-0.1, -0.05) is 48.5 Å². The topological polar surface area (TPSA) is 55.1 Å². The van der Waals surface area contributed by atoms with E-state index in [1.807, 2.05) is 42.5 Å². The Bertz CT molecular complexity index is 609. The van der Waals surface area contributed by atoms with Crippen molar-refractivity contribution in [1.29, 1.82) is 0 Å². The molecule has 102 valence electrons. The van der Waals surface area contributed by atoms with E-state index < -0.39 is 0 Å². The molecule has 0 aliphatic heterocycles. The molecule has 3 N–H and O–H groups in total. The van der Waals surface area contributed by atoms with Crippen LogP contribution in [-0.2, 0) is 11.3 Å². The second-order valence-electron chi connectivity index (χ2n) is 5.21. The van der Waals surface area contributed by atoms with Crippen molar-refractivity contribution in [2.75, 3.05) is 5.32 Å². The first kappa shape index (κ1) is 12.9. The quantitative estimate of drug-likeness (QED) is 0.894. The van der Waals surface area contributed by atoms with Gasteiger partial charge < -0.3 is 11.1 Å². The van der Waals surface area contributed by atoms with Gasteiger partial charge in [0.15, 0.2) is 0 Å². The van der Waals surface area contributed by atoms with Crippen LogP contribution in [0.15, 0.2) is 54.6 Å². The Labute approximate surface area is 118 Å². The predicted octanol–water partition coefficient (Wildman–Crippen LogP) is 2.89. The molecule has 1 aliphatic rings. The molecular weight excluding hydrogens is 248 g/mol. The van der Waals surface area contributed by atoms with E-state index in [1.165, 1.54) is 5.56 Å². The monoisotopic (exact) mass is 266 g/mol. The fourth-order valence-electron chi connectivity index (χ4n) is 2.60. The predicted molar refractivity (Wildman–Crippen MR) is 80.3 cm³/mol. The second kappa shape index (κ2) is 5.47. The third-order valence-electron chi connectivity index (χ3n) is 3.85. The molecule has 0 radical (unpaired) electrons. The lowest BCUT2D eigenvalue weighted by atomic mass is 10.1. The second-order valence-corrected chi connectivity index (χ2v) is 5.21. The maximum Gasteiger partial charge on any atom is 0.228 e. The minimum Gasteiger partial charge on any atom is -0.326 e. The summed E-state index contributed by atoms with van der Waals surface area (Å²) in [6.07, 6.45) is 0.931. The van der Waals surface area contributed by atoms with E-state index >= 15 is 0 Å². The molecule has 2 aromatic carbocycles. The van der Waals surface area contributed by atoms with Crippen LogP contribution in [0.1, 0.15) is 23.5 Å². The number of carbonyl (C=O) groups excluding carboxylic acids is 1. The number of amides is 1. The van der Waals surface area contributed by atoms with Gasteiger partial charge in [-0.2, -0.15) is 0 Å². The highest BCUT2D eigenvalue weighted by molar-refractivity contribution is 5.95. The molecule has 2 aromatic rings. The van der Waals surface area contributed by atoms with Crippen molar-refractivity contribution >= 4 is 11.6 Å². The molecule has 0 bridgehead atoms. The number of carbonyl (C=O) groups is 1. The van der Waals surface area contributed by atoms with Crippen LogP contribution in [0.4, 0.5) is 5.69 Å². The number of anilines is 1. The zero-order valence-electron chi connectivity index (χ0n) is 11.3. The van der Waals surface area contributed by atoms with Gasteiger partial charge in [0.05, 0.1) is 0 Å². The number of hydrogen-bond acceptors (Lipinski definition) is 2. The fourth-order valence-corrected chi connectivity index (χ4v) is 2.60. The minimum atomic E-state index is 0.0863. The van der Waals surface area contributed by atoms with Crippen LogP contribution >= 0.6 is 0 Å². The first-order chi connectivity index (χ1) is 9.79. The summed E-state index contributed by atoms with van der Waals surface area (Å²) in [4.78, 5) is 12.3. The van der Waals surface area contributed by atoms with E-state index in [0.717, 1.165) is 17.7 Å². The molecule has 3 nitrogen and oxygen atoms in total. The van der Waals surface area contributed by atoms with Gasteiger partial charge in [-0.25, -0.2) is 0 Å². The number of benzene rings is 2. The molecule has 3 rings (SSSR count). The van der Waals surface area contributed by atoms with Crippen molar-refractivity contribution in [1.82, 2.24) is 0 Å². The van der Waals surface area contributed by atoms with Gasteiger partial charge in [-0.05, 0) is 29.5 Å². The van der Waals surface area contributed by atoms with E-state index in [2.05, 4.69) is 17.4 Å². The maximum absolute atomic E-state index is 12.3. The smallest absolute Gasteiger partial charge is 0.228 e. The SMILES string of the molecule is NCc1ccccc1NC(=O)C1CC1c1ccccc1. The zero-order chi connectivity index (χ0) is 13.9. The van der Waals surface area contributed by atoms with Crippen LogP contribution in [-0.4, -0.2) is 5.91 Å². The van der Waals surface area contributed by atoms with Crippen molar-refractivity contribution in [3.8, 4) is 0 Å². The fraction of sp³-hybridized carbons (Fsp3) is 0.235. The molecular formula is C17H18N2O. The van der Waals surface area contributed by atoms with E-state index in [4.69, 9.17) is 5.73 Å². The molecule has 1 saturated carbocycles. The molecule has 1 amide bonds. The summed E-state index contributed by atoms with van der Waals surface area (Å²) in [6, 6.07) is 17.9. The number of nitrogens with one attached hydrogen (secondary N) is 1. The molecule has 0 saturated heterocycles. The Morgan fingerprint density at radius 2 is 1.80 bits per heavy atom. The number of para-hydroxylation sites is 1. The van der Waals surface area contributed by atoms with Crippen LogP contribution in [0.5, 0.6) is 0 Å². The summed E-state index contributed by atoms with van der Waals surface area (Å²) in [7, 11) is 0. The summed E-state index contributed by atoms with van der Waals surface area (Å²) < 4.78 is 0. The third kappa shape index (κ3) is 2.58. The molecule has 0 aromatic heterocycles. The van der Waals surface area contributed by atoms with Crippen molar-refractivity contribution in [2.24, 2.45) is 11.7 Å².